The summed E-state index contributed by atoms with van der Waals surface area (Å²) >= 11 is 0. The van der Waals surface area contributed by atoms with Crippen LogP contribution in [-0.4, -0.2) is 24.4 Å². The lowest BCUT2D eigenvalue weighted by molar-refractivity contribution is 0.0952. The predicted octanol–water partition coefficient (Wildman–Crippen LogP) is 5.28. The first-order chi connectivity index (χ1) is 14.8. The van der Waals surface area contributed by atoms with Gasteiger partial charge in [0.25, 0.3) is 11.8 Å². The van der Waals surface area contributed by atoms with Gasteiger partial charge in [-0.1, -0.05) is 24.3 Å². The maximum Gasteiger partial charge on any atom is 0.258 e. The number of nitrogens with zero attached hydrogens (tertiary/aromatic N) is 2. The summed E-state index contributed by atoms with van der Waals surface area (Å²) in [6.07, 6.45) is 0. The van der Waals surface area contributed by atoms with E-state index in [2.05, 4.69) is 0 Å². The van der Waals surface area contributed by atoms with Gasteiger partial charge in [-0.15, -0.1) is 0 Å². The van der Waals surface area contributed by atoms with Crippen LogP contribution in [0, 0.1) is 25.5 Å². The standard InChI is InChI=1S/C25H22F2N2O2/c1-15-8-10-18(12-20(15)26)24(30)28-14-17(3)29(23-7-5-4-6-22(23)28)25(31)19-11-9-16(2)21(27)13-19/h4-13,17H,14H2,1-3H3/t17-/m1/s1. The molecule has 0 radical (unpaired) electrons. The molecule has 158 valence electrons. The van der Waals surface area contributed by atoms with Crippen molar-refractivity contribution in [3.8, 4) is 0 Å². The molecule has 6 heteroatoms. The minimum absolute atomic E-state index is 0.228. The smallest absolute Gasteiger partial charge is 0.258 e. The number of amides is 2. The minimum Gasteiger partial charge on any atom is -0.304 e. The number of aryl methyl sites for hydroxylation is 2. The molecule has 0 saturated carbocycles. The maximum absolute atomic E-state index is 14.1. The van der Waals surface area contributed by atoms with Crippen molar-refractivity contribution in [1.29, 1.82) is 0 Å². The molecule has 1 aliphatic heterocycles. The molecule has 0 aliphatic carbocycles. The fraction of sp³-hybridized carbons (Fsp3) is 0.200. The largest absolute Gasteiger partial charge is 0.304 e. The first-order valence-electron chi connectivity index (χ1n) is 10.0. The molecular formula is C25H22F2N2O2. The van der Waals surface area contributed by atoms with Gasteiger partial charge in [-0.3, -0.25) is 9.59 Å². The van der Waals surface area contributed by atoms with Crippen molar-refractivity contribution in [2.45, 2.75) is 26.8 Å². The third-order valence-electron chi connectivity index (χ3n) is 5.62. The van der Waals surface area contributed by atoms with E-state index in [1.54, 1.807) is 72.2 Å². The van der Waals surface area contributed by atoms with Gasteiger partial charge in [0.15, 0.2) is 0 Å². The quantitative estimate of drug-likeness (QED) is 0.566. The van der Waals surface area contributed by atoms with Crippen LogP contribution in [0.15, 0.2) is 60.7 Å². The van der Waals surface area contributed by atoms with Crippen LogP contribution in [0.4, 0.5) is 20.2 Å². The first kappa shape index (κ1) is 20.7. The SMILES string of the molecule is Cc1ccc(C(=O)N2C[C@@H](C)N(C(=O)c3ccc(C)c(F)c3)c3ccccc32)cc1F. The Morgan fingerprint density at radius 1 is 0.806 bits per heavy atom. The lowest BCUT2D eigenvalue weighted by Gasteiger charge is -2.41. The second-order valence-electron chi connectivity index (χ2n) is 7.86. The number of halogens is 2. The molecule has 0 N–H and O–H groups in total. The van der Waals surface area contributed by atoms with Gasteiger partial charge in [0.05, 0.1) is 17.4 Å². The highest BCUT2D eigenvalue weighted by molar-refractivity contribution is 6.13. The molecule has 0 spiro atoms. The lowest BCUT2D eigenvalue weighted by Crippen LogP contribution is -2.52. The Kier molecular flexibility index (Phi) is 5.31. The maximum atomic E-state index is 14.1. The van der Waals surface area contributed by atoms with Crippen LogP contribution in [0.5, 0.6) is 0 Å². The third kappa shape index (κ3) is 3.69. The predicted molar refractivity (Wildman–Crippen MR) is 117 cm³/mol. The van der Waals surface area contributed by atoms with Gasteiger partial charge in [-0.2, -0.15) is 0 Å². The number of benzene rings is 3. The third-order valence-corrected chi connectivity index (χ3v) is 5.62. The summed E-state index contributed by atoms with van der Waals surface area (Å²) < 4.78 is 28.1. The van der Waals surface area contributed by atoms with Crippen LogP contribution in [0.25, 0.3) is 0 Å². The van der Waals surface area contributed by atoms with Crippen molar-refractivity contribution in [2.24, 2.45) is 0 Å². The second kappa shape index (κ2) is 7.95. The zero-order valence-electron chi connectivity index (χ0n) is 17.5. The number of carbonyl (C=O) groups excluding carboxylic acids is 2. The summed E-state index contributed by atoms with van der Waals surface area (Å²) in [7, 11) is 0. The normalized spacial score (nSPS) is 15.6. The number of fused-ring (bicyclic) bond motifs is 1. The van der Waals surface area contributed by atoms with Crippen LogP contribution < -0.4 is 9.80 Å². The van der Waals surface area contributed by atoms with Crippen molar-refractivity contribution >= 4 is 23.2 Å². The molecule has 3 aromatic rings. The van der Waals surface area contributed by atoms with Crippen molar-refractivity contribution in [2.75, 3.05) is 16.3 Å². The van der Waals surface area contributed by atoms with Crippen LogP contribution in [-0.2, 0) is 0 Å². The van der Waals surface area contributed by atoms with Gasteiger partial charge in [0, 0.05) is 17.7 Å². The highest BCUT2D eigenvalue weighted by Crippen LogP contribution is 2.37. The highest BCUT2D eigenvalue weighted by atomic mass is 19.1. The van der Waals surface area contributed by atoms with Gasteiger partial charge in [0.1, 0.15) is 11.6 Å². The molecule has 0 fully saturated rings. The molecule has 0 bridgehead atoms. The second-order valence-corrected chi connectivity index (χ2v) is 7.86. The first-order valence-corrected chi connectivity index (χ1v) is 10.0. The molecule has 0 saturated heterocycles. The minimum atomic E-state index is -0.443. The fourth-order valence-electron chi connectivity index (χ4n) is 3.83. The van der Waals surface area contributed by atoms with Crippen LogP contribution in [0.3, 0.4) is 0 Å². The summed E-state index contributed by atoms with van der Waals surface area (Å²) in [5.74, 6) is -1.57. The molecule has 4 nitrogen and oxygen atoms in total. The van der Waals surface area contributed by atoms with Gasteiger partial charge in [-0.05, 0) is 68.3 Å². The highest BCUT2D eigenvalue weighted by Gasteiger charge is 2.35. The van der Waals surface area contributed by atoms with Crippen molar-refractivity contribution < 1.29 is 18.4 Å². The van der Waals surface area contributed by atoms with Crippen LogP contribution >= 0.6 is 0 Å². The van der Waals surface area contributed by atoms with E-state index < -0.39 is 11.6 Å². The number of anilines is 2. The van der Waals surface area contributed by atoms with E-state index in [4.69, 9.17) is 0 Å². The topological polar surface area (TPSA) is 40.6 Å². The molecule has 4 rings (SSSR count). The zero-order valence-corrected chi connectivity index (χ0v) is 17.5. The summed E-state index contributed by atoms with van der Waals surface area (Å²) in [6, 6.07) is 15.5. The molecule has 2 amide bonds. The number of carbonyl (C=O) groups is 2. The van der Waals surface area contributed by atoms with E-state index in [0.717, 1.165) is 0 Å². The van der Waals surface area contributed by atoms with E-state index in [9.17, 15) is 18.4 Å². The van der Waals surface area contributed by atoms with E-state index >= 15 is 0 Å². The summed E-state index contributed by atoms with van der Waals surface area (Å²) in [5, 5.41) is 0. The molecule has 0 aromatic heterocycles. The number of hydrogen-bond donors (Lipinski definition) is 0. The van der Waals surface area contributed by atoms with E-state index in [1.807, 2.05) is 6.92 Å². The van der Waals surface area contributed by atoms with Crippen LogP contribution in [0.2, 0.25) is 0 Å². The Morgan fingerprint density at radius 2 is 1.32 bits per heavy atom. The van der Waals surface area contributed by atoms with Gasteiger partial charge >= 0.3 is 0 Å². The Hall–Kier alpha value is -3.54. The Labute approximate surface area is 179 Å². The number of hydrogen-bond acceptors (Lipinski definition) is 2. The monoisotopic (exact) mass is 420 g/mol. The molecule has 31 heavy (non-hydrogen) atoms. The summed E-state index contributed by atoms with van der Waals surface area (Å²) in [6.45, 7) is 5.33. The molecule has 1 heterocycles. The van der Waals surface area contributed by atoms with E-state index in [0.29, 0.717) is 22.5 Å². The Bertz CT molecular complexity index is 1190. The molecule has 3 aromatic carbocycles. The number of para-hydroxylation sites is 2. The van der Waals surface area contributed by atoms with Gasteiger partial charge in [0.2, 0.25) is 0 Å². The molecule has 1 aliphatic rings. The van der Waals surface area contributed by atoms with Crippen LogP contribution in [0.1, 0.15) is 38.8 Å². The molecule has 0 unspecified atom stereocenters. The lowest BCUT2D eigenvalue weighted by atomic mass is 10.0. The van der Waals surface area contributed by atoms with E-state index in [1.165, 1.54) is 12.1 Å². The zero-order chi connectivity index (χ0) is 22.3. The Balaban J connectivity index is 1.73. The van der Waals surface area contributed by atoms with Crippen molar-refractivity contribution in [3.05, 3.63) is 94.6 Å². The van der Waals surface area contributed by atoms with Crippen molar-refractivity contribution in [1.82, 2.24) is 0 Å². The fourth-order valence-corrected chi connectivity index (χ4v) is 3.83. The molecular weight excluding hydrogens is 398 g/mol. The van der Waals surface area contributed by atoms with Gasteiger partial charge in [-0.25, -0.2) is 8.78 Å². The Morgan fingerprint density at radius 3 is 1.87 bits per heavy atom. The molecule has 1 atom stereocenters. The van der Waals surface area contributed by atoms with E-state index in [-0.39, 0.29) is 35.5 Å². The summed E-state index contributed by atoms with van der Waals surface area (Å²) in [4.78, 5) is 29.6. The average Bonchev–Trinajstić information content (AvgIpc) is 2.76. The summed E-state index contributed by atoms with van der Waals surface area (Å²) in [5.41, 5.74) is 2.51. The van der Waals surface area contributed by atoms with Crippen molar-refractivity contribution in [3.63, 3.8) is 0 Å². The average molecular weight is 420 g/mol. The van der Waals surface area contributed by atoms with Gasteiger partial charge < -0.3 is 9.80 Å². The number of rotatable bonds is 2.